The van der Waals surface area contributed by atoms with Gasteiger partial charge in [0.1, 0.15) is 6.10 Å². The van der Waals surface area contributed by atoms with Gasteiger partial charge < -0.3 is 14.6 Å². The number of esters is 1. The molecule has 298 valence electrons. The van der Waals surface area contributed by atoms with E-state index in [4.69, 9.17) is 9.47 Å². The van der Waals surface area contributed by atoms with Crippen LogP contribution < -0.4 is 0 Å². The lowest BCUT2D eigenvalue weighted by Crippen LogP contribution is -2.27. The lowest BCUT2D eigenvalue weighted by molar-refractivity contribution is -0.154. The molecule has 0 radical (unpaired) electrons. The Balaban J connectivity index is 3.45. The van der Waals surface area contributed by atoms with E-state index in [-0.39, 0.29) is 19.2 Å². The zero-order valence-corrected chi connectivity index (χ0v) is 34.1. The van der Waals surface area contributed by atoms with E-state index in [1.807, 2.05) is 0 Å². The summed E-state index contributed by atoms with van der Waals surface area (Å²) >= 11 is 0. The van der Waals surface area contributed by atoms with Crippen LogP contribution in [0.4, 0.5) is 0 Å². The van der Waals surface area contributed by atoms with Gasteiger partial charge in [-0.25, -0.2) is 0 Å². The van der Waals surface area contributed by atoms with Crippen LogP contribution in [-0.2, 0) is 14.3 Å². The van der Waals surface area contributed by atoms with E-state index in [1.165, 1.54) is 167 Å². The maximum absolute atomic E-state index is 12.2. The average Bonchev–Trinajstić information content (AvgIpc) is 3.14. The van der Waals surface area contributed by atoms with Gasteiger partial charge in [0.05, 0.1) is 13.2 Å². The SMILES string of the molecule is CCCCC/C=C\C/C=C\C/C=C\CCCCCCCCCOCC(CO)OC(=O)CCCCCCCCCCC/C=C\CCCCCCCC. The molecule has 0 amide bonds. The summed E-state index contributed by atoms with van der Waals surface area (Å²) in [6.07, 6.45) is 57.4. The van der Waals surface area contributed by atoms with Crippen molar-refractivity contribution in [3.05, 3.63) is 48.6 Å². The van der Waals surface area contributed by atoms with Crippen molar-refractivity contribution in [1.29, 1.82) is 0 Å². The number of hydrogen-bond acceptors (Lipinski definition) is 4. The molecule has 0 aromatic rings. The molecule has 0 aliphatic rings. The first-order valence-electron chi connectivity index (χ1n) is 22.2. The van der Waals surface area contributed by atoms with Gasteiger partial charge in [-0.2, -0.15) is 0 Å². The maximum Gasteiger partial charge on any atom is 0.306 e. The van der Waals surface area contributed by atoms with Crippen LogP contribution in [0.1, 0.15) is 219 Å². The van der Waals surface area contributed by atoms with Crippen LogP contribution in [0.5, 0.6) is 0 Å². The Kier molecular flexibility index (Phi) is 43.1. The van der Waals surface area contributed by atoms with E-state index in [0.717, 1.165) is 32.1 Å². The quantitative estimate of drug-likeness (QED) is 0.0389. The van der Waals surface area contributed by atoms with Gasteiger partial charge >= 0.3 is 5.97 Å². The minimum Gasteiger partial charge on any atom is -0.457 e. The number of aliphatic hydroxyl groups excluding tert-OH is 1. The number of aliphatic hydroxyl groups is 1. The highest BCUT2D eigenvalue weighted by Gasteiger charge is 2.13. The zero-order valence-electron chi connectivity index (χ0n) is 34.1. The van der Waals surface area contributed by atoms with Gasteiger partial charge in [-0.3, -0.25) is 4.79 Å². The van der Waals surface area contributed by atoms with E-state index in [0.29, 0.717) is 13.0 Å². The second-order valence-electron chi connectivity index (χ2n) is 14.8. The topological polar surface area (TPSA) is 55.8 Å². The summed E-state index contributed by atoms with van der Waals surface area (Å²) < 4.78 is 11.2. The van der Waals surface area contributed by atoms with Gasteiger partial charge in [0.15, 0.2) is 0 Å². The third kappa shape index (κ3) is 42.7. The Morgan fingerprint density at radius 3 is 1.29 bits per heavy atom. The van der Waals surface area contributed by atoms with E-state index in [1.54, 1.807) is 0 Å². The van der Waals surface area contributed by atoms with E-state index >= 15 is 0 Å². The molecule has 0 saturated carbocycles. The van der Waals surface area contributed by atoms with Crippen LogP contribution in [0.3, 0.4) is 0 Å². The molecule has 0 heterocycles. The first kappa shape index (κ1) is 49.4. The number of rotatable bonds is 41. The minimum absolute atomic E-state index is 0.177. The van der Waals surface area contributed by atoms with Gasteiger partial charge in [-0.05, 0) is 77.0 Å². The first-order chi connectivity index (χ1) is 25.2. The minimum atomic E-state index is -0.541. The predicted octanol–water partition coefficient (Wildman–Crippen LogP) is 14.7. The summed E-state index contributed by atoms with van der Waals surface area (Å²) in [6, 6.07) is 0. The number of hydrogen-bond donors (Lipinski definition) is 1. The summed E-state index contributed by atoms with van der Waals surface area (Å²) in [4.78, 5) is 12.2. The van der Waals surface area contributed by atoms with Crippen LogP contribution in [0.25, 0.3) is 0 Å². The van der Waals surface area contributed by atoms with Crippen molar-refractivity contribution in [3.8, 4) is 0 Å². The molecule has 4 nitrogen and oxygen atoms in total. The number of allylic oxidation sites excluding steroid dienone is 8. The molecule has 1 unspecified atom stereocenters. The lowest BCUT2D eigenvalue weighted by Gasteiger charge is -2.16. The molecule has 4 heteroatoms. The molecular formula is C47H86O4. The van der Waals surface area contributed by atoms with Crippen LogP contribution in [-0.4, -0.2) is 37.0 Å². The van der Waals surface area contributed by atoms with Crippen LogP contribution in [0.2, 0.25) is 0 Å². The summed E-state index contributed by atoms with van der Waals surface area (Å²) in [6.45, 7) is 5.31. The number of unbranched alkanes of at least 4 members (excludes halogenated alkanes) is 25. The van der Waals surface area contributed by atoms with E-state index in [9.17, 15) is 9.90 Å². The fraction of sp³-hybridized carbons (Fsp3) is 0.809. The van der Waals surface area contributed by atoms with Crippen molar-refractivity contribution in [2.45, 2.75) is 225 Å². The Hall–Kier alpha value is -1.65. The molecule has 0 bridgehead atoms. The monoisotopic (exact) mass is 715 g/mol. The summed E-state index contributed by atoms with van der Waals surface area (Å²) in [5.74, 6) is -0.206. The molecule has 51 heavy (non-hydrogen) atoms. The molecular weight excluding hydrogens is 629 g/mol. The van der Waals surface area contributed by atoms with Gasteiger partial charge in [-0.1, -0.05) is 184 Å². The number of carbonyl (C=O) groups excluding carboxylic acids is 1. The summed E-state index contributed by atoms with van der Waals surface area (Å²) in [5.41, 5.74) is 0. The van der Waals surface area contributed by atoms with Crippen molar-refractivity contribution >= 4 is 5.97 Å². The molecule has 0 aliphatic heterocycles. The molecule has 1 N–H and O–H groups in total. The normalized spacial score (nSPS) is 12.8. The van der Waals surface area contributed by atoms with Crippen molar-refractivity contribution in [2.75, 3.05) is 19.8 Å². The molecule has 0 saturated heterocycles. The van der Waals surface area contributed by atoms with E-state index in [2.05, 4.69) is 62.5 Å². The average molecular weight is 715 g/mol. The molecule has 0 aromatic carbocycles. The standard InChI is InChI=1S/C47H86O4/c1-3-5-7-9-11-13-15-17-19-21-23-25-27-29-31-33-35-37-39-41-43-50-45-46(44-48)51-47(49)42-40-38-36-34-32-30-28-26-24-22-20-18-16-14-12-10-8-6-4-2/h11,13,17-20,23,25,46,48H,3-10,12,14-16,21-22,24,26-45H2,1-2H3/b13-11-,19-17-,20-18-,25-23-. The zero-order chi connectivity index (χ0) is 37.0. The molecule has 0 rings (SSSR count). The molecule has 0 aliphatic carbocycles. The Bertz CT molecular complexity index is 798. The van der Waals surface area contributed by atoms with Gasteiger partial charge in [0, 0.05) is 13.0 Å². The number of carbonyl (C=O) groups is 1. The highest BCUT2D eigenvalue weighted by Crippen LogP contribution is 2.14. The molecule has 0 spiro atoms. The van der Waals surface area contributed by atoms with Crippen molar-refractivity contribution in [1.82, 2.24) is 0 Å². The highest BCUT2D eigenvalue weighted by molar-refractivity contribution is 5.69. The summed E-state index contributed by atoms with van der Waals surface area (Å²) in [7, 11) is 0. The Labute approximate surface area is 318 Å². The van der Waals surface area contributed by atoms with Gasteiger partial charge in [-0.15, -0.1) is 0 Å². The maximum atomic E-state index is 12.2. The molecule has 0 fully saturated rings. The van der Waals surface area contributed by atoms with E-state index < -0.39 is 6.10 Å². The molecule has 0 aromatic heterocycles. The second-order valence-corrected chi connectivity index (χ2v) is 14.8. The van der Waals surface area contributed by atoms with Gasteiger partial charge in [0.25, 0.3) is 0 Å². The fourth-order valence-corrected chi connectivity index (χ4v) is 6.27. The first-order valence-corrected chi connectivity index (χ1v) is 22.2. The molecule has 1 atom stereocenters. The van der Waals surface area contributed by atoms with Crippen molar-refractivity contribution < 1.29 is 19.4 Å². The predicted molar refractivity (Wildman–Crippen MR) is 223 cm³/mol. The second kappa shape index (κ2) is 44.5. The fourth-order valence-electron chi connectivity index (χ4n) is 6.27. The lowest BCUT2D eigenvalue weighted by atomic mass is 10.1. The van der Waals surface area contributed by atoms with Crippen LogP contribution in [0, 0.1) is 0 Å². The van der Waals surface area contributed by atoms with Gasteiger partial charge in [0.2, 0.25) is 0 Å². The highest BCUT2D eigenvalue weighted by atomic mass is 16.6. The third-order valence-corrected chi connectivity index (χ3v) is 9.63. The smallest absolute Gasteiger partial charge is 0.306 e. The van der Waals surface area contributed by atoms with Crippen LogP contribution in [0.15, 0.2) is 48.6 Å². The Morgan fingerprint density at radius 2 is 0.824 bits per heavy atom. The summed E-state index contributed by atoms with van der Waals surface area (Å²) in [5, 5.41) is 9.61. The van der Waals surface area contributed by atoms with Crippen LogP contribution >= 0.6 is 0 Å². The third-order valence-electron chi connectivity index (χ3n) is 9.63. The van der Waals surface area contributed by atoms with Crippen molar-refractivity contribution in [2.24, 2.45) is 0 Å². The Morgan fingerprint density at radius 1 is 0.471 bits per heavy atom. The largest absolute Gasteiger partial charge is 0.457 e. The number of ether oxygens (including phenoxy) is 2. The van der Waals surface area contributed by atoms with Crippen molar-refractivity contribution in [3.63, 3.8) is 0 Å².